The molecule has 0 unspecified atom stereocenters. The SMILES string of the molecule is Cc1cc(OCc2cc(C=O)sc2C)ccc1[N+](=O)[O-]. The van der Waals surface area contributed by atoms with E-state index in [1.54, 1.807) is 25.1 Å². The Labute approximate surface area is 120 Å². The first-order chi connectivity index (χ1) is 9.51. The fourth-order valence-electron chi connectivity index (χ4n) is 1.83. The highest BCUT2D eigenvalue weighted by Crippen LogP contribution is 2.25. The summed E-state index contributed by atoms with van der Waals surface area (Å²) < 4.78 is 5.61. The van der Waals surface area contributed by atoms with Crippen molar-refractivity contribution in [3.8, 4) is 5.75 Å². The molecule has 0 saturated carbocycles. The quantitative estimate of drug-likeness (QED) is 0.479. The molecule has 6 heteroatoms. The van der Waals surface area contributed by atoms with Crippen LogP contribution in [-0.2, 0) is 6.61 Å². The maximum absolute atomic E-state index is 10.7. The monoisotopic (exact) mass is 291 g/mol. The molecule has 0 N–H and O–H groups in total. The van der Waals surface area contributed by atoms with Crippen LogP contribution in [0.3, 0.4) is 0 Å². The van der Waals surface area contributed by atoms with Crippen LogP contribution >= 0.6 is 11.3 Å². The molecule has 0 radical (unpaired) electrons. The third kappa shape index (κ3) is 3.03. The van der Waals surface area contributed by atoms with E-state index in [0.29, 0.717) is 22.8 Å². The van der Waals surface area contributed by atoms with Crippen molar-refractivity contribution in [1.82, 2.24) is 0 Å². The number of aryl methyl sites for hydroxylation is 2. The van der Waals surface area contributed by atoms with Crippen LogP contribution in [0.4, 0.5) is 5.69 Å². The topological polar surface area (TPSA) is 69.4 Å². The summed E-state index contributed by atoms with van der Waals surface area (Å²) in [6.45, 7) is 3.94. The van der Waals surface area contributed by atoms with Crippen LogP contribution in [0, 0.1) is 24.0 Å². The molecule has 0 atom stereocenters. The van der Waals surface area contributed by atoms with Gasteiger partial charge in [0.05, 0.1) is 9.80 Å². The number of ether oxygens (including phenoxy) is 1. The summed E-state index contributed by atoms with van der Waals surface area (Å²) in [7, 11) is 0. The van der Waals surface area contributed by atoms with Gasteiger partial charge in [-0.05, 0) is 32.0 Å². The Morgan fingerprint density at radius 2 is 2.10 bits per heavy atom. The summed E-state index contributed by atoms with van der Waals surface area (Å²) in [5, 5.41) is 10.7. The lowest BCUT2D eigenvalue weighted by molar-refractivity contribution is -0.385. The number of nitro groups is 1. The molecular weight excluding hydrogens is 278 g/mol. The van der Waals surface area contributed by atoms with Crippen LogP contribution in [0.1, 0.15) is 25.7 Å². The summed E-state index contributed by atoms with van der Waals surface area (Å²) in [6.07, 6.45) is 0.817. The minimum absolute atomic E-state index is 0.0762. The van der Waals surface area contributed by atoms with Crippen molar-refractivity contribution in [2.24, 2.45) is 0 Å². The maximum atomic E-state index is 10.7. The molecule has 1 aromatic carbocycles. The lowest BCUT2D eigenvalue weighted by atomic mass is 10.2. The van der Waals surface area contributed by atoms with Crippen LogP contribution < -0.4 is 4.74 Å². The summed E-state index contributed by atoms with van der Waals surface area (Å²) in [4.78, 5) is 22.7. The smallest absolute Gasteiger partial charge is 0.272 e. The van der Waals surface area contributed by atoms with Crippen LogP contribution in [0.2, 0.25) is 0 Å². The van der Waals surface area contributed by atoms with Gasteiger partial charge >= 0.3 is 0 Å². The van der Waals surface area contributed by atoms with Gasteiger partial charge in [-0.25, -0.2) is 0 Å². The van der Waals surface area contributed by atoms with Crippen LogP contribution in [0.25, 0.3) is 0 Å². The predicted molar refractivity (Wildman–Crippen MR) is 76.6 cm³/mol. The third-order valence-corrected chi connectivity index (χ3v) is 3.93. The van der Waals surface area contributed by atoms with Crippen molar-refractivity contribution in [3.05, 3.63) is 55.3 Å². The average Bonchev–Trinajstić information content (AvgIpc) is 2.76. The molecule has 2 rings (SSSR count). The number of aldehydes is 1. The van der Waals surface area contributed by atoms with Gasteiger partial charge in [-0.1, -0.05) is 0 Å². The Hall–Kier alpha value is -2.21. The highest BCUT2D eigenvalue weighted by molar-refractivity contribution is 7.13. The van der Waals surface area contributed by atoms with Gasteiger partial charge in [0.2, 0.25) is 0 Å². The van der Waals surface area contributed by atoms with Gasteiger partial charge in [0.25, 0.3) is 5.69 Å². The zero-order chi connectivity index (χ0) is 14.7. The van der Waals surface area contributed by atoms with E-state index in [9.17, 15) is 14.9 Å². The molecule has 0 bridgehead atoms. The van der Waals surface area contributed by atoms with Crippen molar-refractivity contribution in [3.63, 3.8) is 0 Å². The summed E-state index contributed by atoms with van der Waals surface area (Å²) >= 11 is 1.42. The largest absolute Gasteiger partial charge is 0.489 e. The summed E-state index contributed by atoms with van der Waals surface area (Å²) in [5.74, 6) is 0.575. The lowest BCUT2D eigenvalue weighted by Crippen LogP contribution is -1.97. The first-order valence-corrected chi connectivity index (χ1v) is 6.75. The normalized spacial score (nSPS) is 10.3. The van der Waals surface area contributed by atoms with Gasteiger partial charge in [0.15, 0.2) is 6.29 Å². The van der Waals surface area contributed by atoms with E-state index in [1.807, 2.05) is 6.92 Å². The first-order valence-electron chi connectivity index (χ1n) is 5.93. The molecule has 104 valence electrons. The Balaban J connectivity index is 2.11. The summed E-state index contributed by atoms with van der Waals surface area (Å²) in [5.41, 5.74) is 1.59. The lowest BCUT2D eigenvalue weighted by Gasteiger charge is -2.06. The first kappa shape index (κ1) is 14.2. The second-order valence-electron chi connectivity index (χ2n) is 4.34. The predicted octanol–water partition coefficient (Wildman–Crippen LogP) is 3.66. The van der Waals surface area contributed by atoms with E-state index >= 15 is 0 Å². The molecule has 1 aromatic heterocycles. The molecule has 1 heterocycles. The van der Waals surface area contributed by atoms with Gasteiger partial charge in [0.1, 0.15) is 12.4 Å². The van der Waals surface area contributed by atoms with Crippen LogP contribution in [-0.4, -0.2) is 11.2 Å². The van der Waals surface area contributed by atoms with E-state index in [-0.39, 0.29) is 5.69 Å². The second-order valence-corrected chi connectivity index (χ2v) is 5.63. The second kappa shape index (κ2) is 5.83. The van der Waals surface area contributed by atoms with Crippen molar-refractivity contribution in [2.75, 3.05) is 0 Å². The molecule has 0 spiro atoms. The number of carbonyl (C=O) groups is 1. The fourth-order valence-corrected chi connectivity index (χ4v) is 2.68. The fraction of sp³-hybridized carbons (Fsp3) is 0.214. The number of nitrogens with zero attached hydrogens (tertiary/aromatic N) is 1. The summed E-state index contributed by atoms with van der Waals surface area (Å²) in [6, 6.07) is 6.45. The molecular formula is C14H13NO4S. The molecule has 0 aliphatic carbocycles. The standard InChI is InChI=1S/C14H13NO4S/c1-9-5-12(3-4-14(9)15(17)18)19-8-11-6-13(7-16)20-10(11)2/h3-7H,8H2,1-2H3. The van der Waals surface area contributed by atoms with Gasteiger partial charge in [0, 0.05) is 22.1 Å². The molecule has 5 nitrogen and oxygen atoms in total. The van der Waals surface area contributed by atoms with Crippen LogP contribution in [0.5, 0.6) is 5.75 Å². The number of hydrogen-bond acceptors (Lipinski definition) is 5. The maximum Gasteiger partial charge on any atom is 0.272 e. The molecule has 2 aromatic rings. The highest BCUT2D eigenvalue weighted by atomic mass is 32.1. The van der Waals surface area contributed by atoms with Crippen molar-refractivity contribution >= 4 is 23.3 Å². The van der Waals surface area contributed by atoms with E-state index in [1.165, 1.54) is 17.4 Å². The van der Waals surface area contributed by atoms with E-state index in [0.717, 1.165) is 16.7 Å². The molecule has 0 amide bonds. The molecule has 0 aliphatic heterocycles. The van der Waals surface area contributed by atoms with Gasteiger partial charge in [-0.2, -0.15) is 0 Å². The molecule has 0 saturated heterocycles. The minimum atomic E-state index is -0.418. The number of hydrogen-bond donors (Lipinski definition) is 0. The Morgan fingerprint density at radius 3 is 2.65 bits per heavy atom. The zero-order valence-electron chi connectivity index (χ0n) is 11.1. The minimum Gasteiger partial charge on any atom is -0.489 e. The van der Waals surface area contributed by atoms with Crippen molar-refractivity contribution in [1.29, 1.82) is 0 Å². The number of thiophene rings is 1. The molecule has 0 aliphatic rings. The molecule has 0 fully saturated rings. The van der Waals surface area contributed by atoms with Crippen molar-refractivity contribution in [2.45, 2.75) is 20.5 Å². The zero-order valence-corrected chi connectivity index (χ0v) is 11.9. The van der Waals surface area contributed by atoms with E-state index in [2.05, 4.69) is 0 Å². The number of rotatable bonds is 5. The van der Waals surface area contributed by atoms with E-state index < -0.39 is 4.92 Å². The molecule has 20 heavy (non-hydrogen) atoms. The van der Waals surface area contributed by atoms with E-state index in [4.69, 9.17) is 4.74 Å². The third-order valence-electron chi connectivity index (χ3n) is 2.92. The highest BCUT2D eigenvalue weighted by Gasteiger charge is 2.11. The van der Waals surface area contributed by atoms with Gasteiger partial charge in [-0.15, -0.1) is 11.3 Å². The Morgan fingerprint density at radius 1 is 1.35 bits per heavy atom. The van der Waals surface area contributed by atoms with Gasteiger partial charge < -0.3 is 4.74 Å². The number of benzene rings is 1. The Bertz CT molecular complexity index is 663. The van der Waals surface area contributed by atoms with Crippen molar-refractivity contribution < 1.29 is 14.5 Å². The number of nitro benzene ring substituents is 1. The average molecular weight is 291 g/mol. The number of carbonyl (C=O) groups excluding carboxylic acids is 1. The van der Waals surface area contributed by atoms with Crippen LogP contribution in [0.15, 0.2) is 24.3 Å². The van der Waals surface area contributed by atoms with Gasteiger partial charge in [-0.3, -0.25) is 14.9 Å². The Kier molecular flexibility index (Phi) is 4.14.